The van der Waals surface area contributed by atoms with Crippen LogP contribution in [0.3, 0.4) is 0 Å². The van der Waals surface area contributed by atoms with Gasteiger partial charge in [-0.1, -0.05) is 20.8 Å². The summed E-state index contributed by atoms with van der Waals surface area (Å²) in [5, 5.41) is 0. The molecule has 1 unspecified atom stereocenters. The molecule has 0 aliphatic heterocycles. The van der Waals surface area contributed by atoms with Gasteiger partial charge >= 0.3 is 0 Å². The molecular formula is C9H14Br2N2S. The zero-order chi connectivity index (χ0) is 10.9. The molecule has 0 fully saturated rings. The van der Waals surface area contributed by atoms with Gasteiger partial charge in [-0.2, -0.15) is 0 Å². The van der Waals surface area contributed by atoms with Gasteiger partial charge < -0.3 is 0 Å². The van der Waals surface area contributed by atoms with Crippen LogP contribution in [0.5, 0.6) is 0 Å². The first kappa shape index (κ1) is 12.6. The van der Waals surface area contributed by atoms with Gasteiger partial charge in [-0.15, -0.1) is 11.3 Å². The molecule has 1 aromatic rings. The number of halogens is 2. The van der Waals surface area contributed by atoms with Gasteiger partial charge in [0.25, 0.3) is 0 Å². The number of rotatable bonds is 2. The summed E-state index contributed by atoms with van der Waals surface area (Å²) in [5.41, 5.74) is 4.17. The Labute approximate surface area is 105 Å². The predicted octanol–water partition coefficient (Wildman–Crippen LogP) is 3.82. The normalized spacial score (nSPS) is 14.4. The van der Waals surface area contributed by atoms with Crippen molar-refractivity contribution in [3.05, 3.63) is 19.2 Å². The van der Waals surface area contributed by atoms with E-state index in [-0.39, 0.29) is 11.5 Å². The molecule has 0 saturated carbocycles. The van der Waals surface area contributed by atoms with Crippen LogP contribution in [0.1, 0.15) is 32.4 Å². The van der Waals surface area contributed by atoms with Crippen LogP contribution in [0.4, 0.5) is 0 Å². The Hall–Kier alpha value is 0.580. The van der Waals surface area contributed by atoms with Crippen LogP contribution >= 0.6 is 43.2 Å². The predicted molar refractivity (Wildman–Crippen MR) is 69.2 cm³/mol. The van der Waals surface area contributed by atoms with Crippen LogP contribution in [0.25, 0.3) is 0 Å². The van der Waals surface area contributed by atoms with Crippen molar-refractivity contribution >= 4 is 43.2 Å². The fourth-order valence-corrected chi connectivity index (χ4v) is 4.26. The van der Waals surface area contributed by atoms with E-state index in [1.165, 1.54) is 5.56 Å². The lowest BCUT2D eigenvalue weighted by Crippen LogP contribution is -2.36. The molecule has 0 saturated heterocycles. The molecule has 80 valence electrons. The first-order valence-corrected chi connectivity index (χ1v) is 6.67. The van der Waals surface area contributed by atoms with Crippen LogP contribution in [0.15, 0.2) is 13.6 Å². The molecule has 0 amide bonds. The Balaban J connectivity index is 3.07. The molecule has 0 aromatic carbocycles. The highest BCUT2D eigenvalue weighted by molar-refractivity contribution is 9.12. The number of hydrazine groups is 1. The van der Waals surface area contributed by atoms with Crippen molar-refractivity contribution in [1.82, 2.24) is 5.43 Å². The summed E-state index contributed by atoms with van der Waals surface area (Å²) in [6.07, 6.45) is 0. The van der Waals surface area contributed by atoms with Gasteiger partial charge in [-0.25, -0.2) is 0 Å². The van der Waals surface area contributed by atoms with Crippen molar-refractivity contribution in [3.8, 4) is 0 Å². The maximum atomic E-state index is 5.59. The fraction of sp³-hybridized carbons (Fsp3) is 0.556. The summed E-state index contributed by atoms with van der Waals surface area (Å²) < 4.78 is 2.24. The van der Waals surface area contributed by atoms with Gasteiger partial charge in [-0.3, -0.25) is 11.3 Å². The third-order valence-corrected chi connectivity index (χ3v) is 4.41. The third-order valence-electron chi connectivity index (χ3n) is 2.03. The number of hydrogen-bond donors (Lipinski definition) is 2. The molecule has 1 heterocycles. The summed E-state index contributed by atoms with van der Waals surface area (Å²) in [6, 6.07) is 2.25. The maximum absolute atomic E-state index is 5.59. The molecule has 1 aromatic heterocycles. The average molecular weight is 342 g/mol. The summed E-state index contributed by atoms with van der Waals surface area (Å²) in [4.78, 5) is 0. The Kier molecular flexibility index (Phi) is 4.17. The van der Waals surface area contributed by atoms with Crippen molar-refractivity contribution in [3.63, 3.8) is 0 Å². The lowest BCUT2D eigenvalue weighted by Gasteiger charge is -2.29. The highest BCUT2D eigenvalue weighted by Crippen LogP contribution is 2.41. The molecule has 0 aliphatic rings. The topological polar surface area (TPSA) is 38.0 Å². The van der Waals surface area contributed by atoms with E-state index >= 15 is 0 Å². The Bertz CT molecular complexity index is 317. The first-order chi connectivity index (χ1) is 6.36. The average Bonchev–Trinajstić information content (AvgIpc) is 2.29. The fourth-order valence-electron chi connectivity index (χ4n) is 1.36. The second-order valence-corrected chi connectivity index (χ2v) is 7.99. The largest absolute Gasteiger partial charge is 0.271 e. The first-order valence-electron chi connectivity index (χ1n) is 4.27. The van der Waals surface area contributed by atoms with Gasteiger partial charge in [0.1, 0.15) is 0 Å². The molecule has 14 heavy (non-hydrogen) atoms. The second-order valence-electron chi connectivity index (χ2n) is 4.25. The van der Waals surface area contributed by atoms with Gasteiger partial charge in [0.2, 0.25) is 0 Å². The van der Waals surface area contributed by atoms with Crippen LogP contribution in [0, 0.1) is 5.41 Å². The van der Waals surface area contributed by atoms with Crippen LogP contribution in [0.2, 0.25) is 0 Å². The van der Waals surface area contributed by atoms with Crippen molar-refractivity contribution in [2.75, 3.05) is 0 Å². The molecule has 2 nitrogen and oxygen atoms in total. The highest BCUT2D eigenvalue weighted by atomic mass is 79.9. The molecule has 1 rings (SSSR count). The van der Waals surface area contributed by atoms with Crippen molar-refractivity contribution in [2.24, 2.45) is 11.3 Å². The van der Waals surface area contributed by atoms with E-state index in [0.717, 1.165) is 7.57 Å². The van der Waals surface area contributed by atoms with E-state index in [2.05, 4.69) is 64.1 Å². The minimum atomic E-state index is 0.0950. The smallest absolute Gasteiger partial charge is 0.0759 e. The molecular weight excluding hydrogens is 328 g/mol. The third kappa shape index (κ3) is 2.79. The van der Waals surface area contributed by atoms with Crippen LogP contribution in [-0.4, -0.2) is 0 Å². The highest BCUT2D eigenvalue weighted by Gasteiger charge is 2.27. The summed E-state index contributed by atoms with van der Waals surface area (Å²) in [6.45, 7) is 6.49. The standard InChI is InChI=1S/C9H14Br2N2S/c1-9(2,3)7(13-12)5-4-6(10)14-8(5)11/h4,7,13H,12H2,1-3H3. The van der Waals surface area contributed by atoms with E-state index in [9.17, 15) is 0 Å². The van der Waals surface area contributed by atoms with Crippen molar-refractivity contribution in [2.45, 2.75) is 26.8 Å². The van der Waals surface area contributed by atoms with Crippen molar-refractivity contribution in [1.29, 1.82) is 0 Å². The molecule has 3 N–H and O–H groups in total. The maximum Gasteiger partial charge on any atom is 0.0759 e. The van der Waals surface area contributed by atoms with E-state index < -0.39 is 0 Å². The lowest BCUT2D eigenvalue weighted by atomic mass is 9.84. The summed E-state index contributed by atoms with van der Waals surface area (Å²) in [5.74, 6) is 5.59. The Morgan fingerprint density at radius 3 is 2.29 bits per heavy atom. The van der Waals surface area contributed by atoms with E-state index in [0.29, 0.717) is 0 Å². The lowest BCUT2D eigenvalue weighted by molar-refractivity contribution is 0.275. The zero-order valence-corrected chi connectivity index (χ0v) is 12.4. The number of nitrogens with one attached hydrogen (secondary N) is 1. The van der Waals surface area contributed by atoms with Gasteiger partial charge in [-0.05, 0) is 48.9 Å². The van der Waals surface area contributed by atoms with Crippen LogP contribution < -0.4 is 11.3 Å². The quantitative estimate of drug-likeness (QED) is 0.633. The SMILES string of the molecule is CC(C)(C)C(NN)c1cc(Br)sc1Br. The molecule has 0 bridgehead atoms. The number of thiophene rings is 1. The summed E-state index contributed by atoms with van der Waals surface area (Å²) in [7, 11) is 0. The van der Waals surface area contributed by atoms with Gasteiger partial charge in [0.05, 0.1) is 13.6 Å². The van der Waals surface area contributed by atoms with E-state index in [1.54, 1.807) is 11.3 Å². The van der Waals surface area contributed by atoms with Gasteiger partial charge in [0, 0.05) is 0 Å². The Morgan fingerprint density at radius 1 is 1.43 bits per heavy atom. The molecule has 0 spiro atoms. The summed E-state index contributed by atoms with van der Waals surface area (Å²) >= 11 is 8.68. The minimum Gasteiger partial charge on any atom is -0.271 e. The zero-order valence-electron chi connectivity index (χ0n) is 8.40. The van der Waals surface area contributed by atoms with Crippen LogP contribution in [-0.2, 0) is 0 Å². The second kappa shape index (κ2) is 4.61. The monoisotopic (exact) mass is 340 g/mol. The molecule has 5 heteroatoms. The molecule has 1 atom stereocenters. The molecule has 0 aliphatic carbocycles. The minimum absolute atomic E-state index is 0.0950. The number of hydrogen-bond acceptors (Lipinski definition) is 3. The Morgan fingerprint density at radius 2 is 2.00 bits per heavy atom. The van der Waals surface area contributed by atoms with Gasteiger partial charge in [0.15, 0.2) is 0 Å². The molecule has 0 radical (unpaired) electrons. The number of nitrogens with two attached hydrogens (primary N) is 1. The van der Waals surface area contributed by atoms with Crippen molar-refractivity contribution < 1.29 is 0 Å². The van der Waals surface area contributed by atoms with E-state index in [4.69, 9.17) is 5.84 Å². The van der Waals surface area contributed by atoms with E-state index in [1.807, 2.05) is 0 Å².